The van der Waals surface area contributed by atoms with Gasteiger partial charge in [-0.05, 0) is 138 Å². The summed E-state index contributed by atoms with van der Waals surface area (Å²) in [5.74, 6) is -8.63. The lowest BCUT2D eigenvalue weighted by Gasteiger charge is -2.45. The number of amides is 8. The summed E-state index contributed by atoms with van der Waals surface area (Å²) >= 11 is 1.73. The maximum absolute atomic E-state index is 15.7. The lowest BCUT2D eigenvalue weighted by molar-refractivity contribution is -0.161. The van der Waals surface area contributed by atoms with Crippen LogP contribution in [0.5, 0.6) is 5.75 Å². The Bertz CT molecular complexity index is 4540. The van der Waals surface area contributed by atoms with E-state index in [1.54, 1.807) is 93.2 Å². The van der Waals surface area contributed by atoms with Crippen molar-refractivity contribution in [2.45, 2.75) is 197 Å². The van der Waals surface area contributed by atoms with Crippen LogP contribution in [0.25, 0.3) is 0 Å². The summed E-state index contributed by atoms with van der Waals surface area (Å²) in [5.41, 5.74) is 2.70. The molecule has 31 nitrogen and oxygen atoms in total. The summed E-state index contributed by atoms with van der Waals surface area (Å²) in [4.78, 5) is 191. The number of benzene rings is 2. The van der Waals surface area contributed by atoms with Crippen LogP contribution in [0.4, 0.5) is 5.69 Å². The van der Waals surface area contributed by atoms with Crippen molar-refractivity contribution in [1.29, 1.82) is 0 Å². The molecule has 0 unspecified atom stereocenters. The summed E-state index contributed by atoms with van der Waals surface area (Å²) in [6, 6.07) is 8.86. The van der Waals surface area contributed by atoms with Crippen molar-refractivity contribution in [3.8, 4) is 5.75 Å². The largest absolute Gasteiger partial charge is 0.505 e. The molecule has 3 aromatic rings. The van der Waals surface area contributed by atoms with Crippen molar-refractivity contribution in [2.24, 2.45) is 28.7 Å². The molecule has 6 N–H and O–H groups in total. The van der Waals surface area contributed by atoms with Gasteiger partial charge in [0.25, 0.3) is 11.8 Å². The zero-order valence-electron chi connectivity index (χ0n) is 71.2. The minimum atomic E-state index is -3.84. The second-order valence-corrected chi connectivity index (χ2v) is 36.7. The number of fused-ring (bicyclic) bond motifs is 7. The number of thioether (sulfide) groups is 1. The number of nitrogens with zero attached hydrogens (tertiary/aromatic N) is 9. The molecule has 10 heterocycles. The number of aliphatic imine (C=N–C) groups is 1. The third-order valence-electron chi connectivity index (χ3n) is 24.1. The summed E-state index contributed by atoms with van der Waals surface area (Å²) < 4.78 is 39.5. The van der Waals surface area contributed by atoms with E-state index in [0.717, 1.165) is 49.3 Å². The Labute approximate surface area is 713 Å². The molecule has 9 aliphatic rings. The molecule has 33 heteroatoms. The van der Waals surface area contributed by atoms with Gasteiger partial charge in [0.1, 0.15) is 71.5 Å². The standard InChI is InChI=1S/C53H67N9O10S.C35H52N4O8S/c1-6-37-50(68)61-23-11-14-38(61)51(69)59(5)40(26-32-16-18-36(19-17-32)58(3)4)52(70)62-28-35(30-73-43-29-60-24-20-33(43)21-25-60)42(64)27-39(62)47(65)57-45(34-12-8-7-9-13-34)53(71)72-31(2)44(48(66)55-37)56-49(67)46-41(63)15-10-22-54-46;1-7-38(8-2)18-19-48(45,46)30-15-17-39-32(30)35(44)47-33(23(3)4)25(6)11-14-31(42)36-16-9-10-24(5)20-27(40)22-28(41)21-26-12-13-29(37-26)34(39)43/h7-10,12-13,15-19,22,31,33,35,37-40,43-45,63H,6,11,14,20-21,23-30H2,1-5H3,(H,55,66)(H,56,67)(H,57,65);9-11,13-14,20,23,25,27,30,32-33,40H,7-8,12,15-19,21-22H2,1-6H3,(H,36,42)/b;10-9+,14-11+,24-20+/t31-,35+,37-,38+,39+,40+,43-,44+,45+;25-,27-,30-,32-,33-/m11/s1. The van der Waals surface area contributed by atoms with E-state index in [1.807, 2.05) is 75.9 Å². The van der Waals surface area contributed by atoms with Gasteiger partial charge >= 0.3 is 11.9 Å². The number of aromatic hydroxyl groups is 1. The van der Waals surface area contributed by atoms with Crippen molar-refractivity contribution in [3.05, 3.63) is 137 Å². The van der Waals surface area contributed by atoms with Gasteiger partial charge in [-0.1, -0.05) is 114 Å². The molecule has 1 aromatic heterocycles. The topological polar surface area (TPSA) is 394 Å². The number of Topliss-reactive ketones (excluding diaryl/α,β-unsaturated/α-hetero) is 2. The molecule has 0 saturated carbocycles. The number of carbonyl (C=O) groups is 12. The van der Waals surface area contributed by atoms with E-state index in [1.165, 1.54) is 58.0 Å². The number of esters is 2. The maximum atomic E-state index is 15.7. The molecule has 0 aliphatic carbocycles. The predicted molar refractivity (Wildman–Crippen MR) is 457 cm³/mol. The molecule has 9 aliphatic heterocycles. The molecule has 656 valence electrons. The zero-order valence-corrected chi connectivity index (χ0v) is 72.8. The maximum Gasteiger partial charge on any atom is 0.333 e. The first-order valence-corrected chi connectivity index (χ1v) is 45.0. The fourth-order valence-electron chi connectivity index (χ4n) is 17.0. The summed E-state index contributed by atoms with van der Waals surface area (Å²) in [7, 11) is 1.49. The van der Waals surface area contributed by atoms with Gasteiger partial charge < -0.3 is 75.3 Å². The van der Waals surface area contributed by atoms with Gasteiger partial charge in [0, 0.05) is 133 Å². The molecular weight excluding hydrogens is 1590 g/mol. The quantitative estimate of drug-likeness (QED) is 0.0982. The van der Waals surface area contributed by atoms with Crippen LogP contribution in [-0.4, -0.2) is 293 Å². The number of sulfone groups is 1. The van der Waals surface area contributed by atoms with Crippen LogP contribution < -0.4 is 26.2 Å². The van der Waals surface area contributed by atoms with E-state index in [4.69, 9.17) is 9.47 Å². The van der Waals surface area contributed by atoms with E-state index in [9.17, 15) is 61.8 Å². The number of aliphatic hydroxyl groups excluding tert-OH is 1. The van der Waals surface area contributed by atoms with E-state index in [2.05, 4.69) is 36.1 Å². The van der Waals surface area contributed by atoms with Crippen molar-refractivity contribution in [2.75, 3.05) is 103 Å². The molecule has 14 atom stereocenters. The number of anilines is 1. The first-order chi connectivity index (χ1) is 57.7. The molecular formula is C88H119N13O18S2. The SMILES string of the molecule is CCN(CC)CCS(=O)(=O)[C@@H]1CCN2C(=O)C3=CCC(=N3)CC(=O)C[C@H](O)/C=C(C)/C=C/CNC(=O)/C=C/[C@@H](C)[C@@H](C(C)C)OC(=O)[C@@H]12.CC[C@H]1NC(=O)[C@@H](NC(=O)c2ncccc2O)[C@@H](C)OC(=O)[C@H](c2ccccc2)NC(=O)[C@@H]2CC(=O)[C@H](CS[C@@H]3CN4CCC3CC4)CN2C(=O)[C@H](Cc2ccc(N(C)C)cc2)N(C)C(=O)[C@@H]2CCCN2C1=O. The minimum Gasteiger partial charge on any atom is -0.505 e. The van der Waals surface area contributed by atoms with Gasteiger partial charge in [-0.25, -0.2) is 23.0 Å². The number of cyclic esters (lactones) is 2. The van der Waals surface area contributed by atoms with Gasteiger partial charge in [0.05, 0.1) is 17.1 Å². The fraction of sp³-hybridized carbons (Fsp3) is 0.568. The molecule has 12 rings (SSSR count). The van der Waals surface area contributed by atoms with Crippen molar-refractivity contribution in [1.82, 2.24) is 55.7 Å². The number of nitrogens with one attached hydrogen (secondary N) is 4. The third kappa shape index (κ3) is 23.9. The van der Waals surface area contributed by atoms with Crippen LogP contribution in [0.15, 0.2) is 126 Å². The summed E-state index contributed by atoms with van der Waals surface area (Å²) in [5, 5.41) is 30.9. The molecule has 0 spiro atoms. The fourth-order valence-corrected chi connectivity index (χ4v) is 20.6. The Morgan fingerprint density at radius 3 is 2.17 bits per heavy atom. The Morgan fingerprint density at radius 1 is 0.785 bits per heavy atom. The normalized spacial score (nSPS) is 29.5. The molecule has 121 heavy (non-hydrogen) atoms. The highest BCUT2D eigenvalue weighted by molar-refractivity contribution is 8.00. The Kier molecular flexibility index (Phi) is 32.9. The number of aliphatic hydroxyl groups is 1. The molecule has 7 fully saturated rings. The molecule has 4 bridgehead atoms. The number of ether oxygens (including phenoxy) is 2. The van der Waals surface area contributed by atoms with Crippen LogP contribution in [0.3, 0.4) is 0 Å². The van der Waals surface area contributed by atoms with Crippen LogP contribution in [-0.2, 0) is 78.5 Å². The minimum absolute atomic E-state index is 0.0166. The number of piperidine rings is 4. The van der Waals surface area contributed by atoms with Crippen molar-refractivity contribution in [3.63, 3.8) is 0 Å². The zero-order chi connectivity index (χ0) is 87.7. The number of carbonyl (C=O) groups excluding carboxylic acids is 12. The van der Waals surface area contributed by atoms with Crippen LogP contribution in [0, 0.1) is 23.7 Å². The van der Waals surface area contributed by atoms with E-state index < -0.39 is 152 Å². The van der Waals surface area contributed by atoms with Gasteiger partial charge in [-0.15, -0.1) is 0 Å². The van der Waals surface area contributed by atoms with Gasteiger partial charge in [-0.2, -0.15) is 11.8 Å². The number of hydrogen-bond donors (Lipinski definition) is 6. The highest BCUT2D eigenvalue weighted by Crippen LogP contribution is 2.39. The Morgan fingerprint density at radius 2 is 1.50 bits per heavy atom. The first kappa shape index (κ1) is 93.3. The first-order valence-electron chi connectivity index (χ1n) is 42.2. The average molecular weight is 1710 g/mol. The lowest BCUT2D eigenvalue weighted by atomic mass is 9.88. The van der Waals surface area contributed by atoms with Gasteiger partial charge in [0.15, 0.2) is 21.6 Å². The third-order valence-corrected chi connectivity index (χ3v) is 27.9. The van der Waals surface area contributed by atoms with Crippen molar-refractivity contribution < 1.29 is 85.6 Å². The Hall–Kier alpha value is -9.96. The number of ketones is 2. The number of likely N-dealkylation sites (N-methyl/N-ethyl adjacent to an activating group) is 1. The molecule has 2 aromatic carbocycles. The van der Waals surface area contributed by atoms with Crippen LogP contribution in [0.2, 0.25) is 0 Å². The second-order valence-electron chi connectivity index (χ2n) is 33.1. The predicted octanol–water partition coefficient (Wildman–Crippen LogP) is 4.87. The number of rotatable bonds is 17. The summed E-state index contributed by atoms with van der Waals surface area (Å²) in [6.07, 6.45) is 10.4. The van der Waals surface area contributed by atoms with Gasteiger partial charge in [-0.3, -0.25) is 52.9 Å². The van der Waals surface area contributed by atoms with Crippen LogP contribution in [0.1, 0.15) is 147 Å². The molecule has 0 radical (unpaired) electrons. The molecule has 7 saturated heterocycles. The lowest BCUT2D eigenvalue weighted by Crippen LogP contribution is -2.63. The van der Waals surface area contributed by atoms with E-state index in [0.29, 0.717) is 48.7 Å². The molecule has 8 amide bonds. The van der Waals surface area contributed by atoms with Crippen molar-refractivity contribution >= 4 is 104 Å². The van der Waals surface area contributed by atoms with E-state index >= 15 is 14.4 Å². The average Bonchev–Trinajstić information content (AvgIpc) is 1.69. The highest BCUT2D eigenvalue weighted by Gasteiger charge is 2.52. The van der Waals surface area contributed by atoms with Crippen LogP contribution >= 0.6 is 11.8 Å². The number of pyridine rings is 1. The Balaban J connectivity index is 0.000000278. The highest BCUT2D eigenvalue weighted by atomic mass is 32.2. The number of allylic oxidation sites excluding steroid dienone is 3. The monoisotopic (exact) mass is 1710 g/mol. The smallest absolute Gasteiger partial charge is 0.333 e. The number of aromatic nitrogens is 1. The van der Waals surface area contributed by atoms with E-state index in [-0.39, 0.29) is 118 Å². The summed E-state index contributed by atoms with van der Waals surface area (Å²) in [6.45, 7) is 19.2. The van der Waals surface area contributed by atoms with Gasteiger partial charge in [0.2, 0.25) is 35.4 Å². The second kappa shape index (κ2) is 42.7. The number of hydrogen-bond acceptors (Lipinski definition) is 24.